The van der Waals surface area contributed by atoms with Crippen LogP contribution >= 0.6 is 23.2 Å². The van der Waals surface area contributed by atoms with Gasteiger partial charge in [-0.05, 0) is 33.8 Å². The monoisotopic (exact) mass is 376 g/mol. The number of hydrogen-bond acceptors (Lipinski definition) is 4. The van der Waals surface area contributed by atoms with Crippen molar-refractivity contribution in [3.05, 3.63) is 22.2 Å². The van der Waals surface area contributed by atoms with Crippen LogP contribution in [0, 0.1) is 0 Å². The Morgan fingerprint density at radius 1 is 0.917 bits per heavy atom. The maximum Gasteiger partial charge on any atom is 0.260 e. The zero-order valence-electron chi connectivity index (χ0n) is 14.1. The number of hydrogen-bond donors (Lipinski definition) is 2. The highest BCUT2D eigenvalue weighted by Crippen LogP contribution is 2.36. The van der Waals surface area contributed by atoms with Crippen molar-refractivity contribution in [2.75, 3.05) is 13.1 Å². The molecule has 0 radical (unpaired) electrons. The Hall–Kier alpha value is -1.66. The molecule has 0 spiro atoms. The summed E-state index contributed by atoms with van der Waals surface area (Å²) in [7, 11) is 0. The van der Waals surface area contributed by atoms with Gasteiger partial charge in [0.2, 0.25) is 0 Å². The minimum absolute atomic E-state index is 0.245. The van der Waals surface area contributed by atoms with E-state index in [2.05, 4.69) is 10.6 Å². The molecule has 0 saturated carbocycles. The van der Waals surface area contributed by atoms with E-state index in [1.807, 2.05) is 13.8 Å². The predicted molar refractivity (Wildman–Crippen MR) is 94.0 cm³/mol. The van der Waals surface area contributed by atoms with Gasteiger partial charge in [-0.1, -0.05) is 23.2 Å². The topological polar surface area (TPSA) is 76.7 Å². The fraction of sp³-hybridized carbons (Fsp3) is 0.500. The van der Waals surface area contributed by atoms with Crippen molar-refractivity contribution in [2.24, 2.45) is 0 Å². The van der Waals surface area contributed by atoms with Crippen LogP contribution < -0.4 is 20.1 Å². The number of carbonyl (C=O) groups is 2. The molecule has 0 bridgehead atoms. The Bertz CT molecular complexity index is 548. The summed E-state index contributed by atoms with van der Waals surface area (Å²) >= 11 is 12.2. The molecule has 1 rings (SSSR count). The van der Waals surface area contributed by atoms with Gasteiger partial charge in [0.1, 0.15) is 11.5 Å². The Morgan fingerprint density at radius 3 is 1.62 bits per heavy atom. The van der Waals surface area contributed by atoms with E-state index in [0.29, 0.717) is 13.1 Å². The molecule has 2 amide bonds. The lowest BCUT2D eigenvalue weighted by Crippen LogP contribution is -2.36. The van der Waals surface area contributed by atoms with Crippen molar-refractivity contribution in [3.63, 3.8) is 0 Å². The number of halogens is 2. The molecule has 0 unspecified atom stereocenters. The third kappa shape index (κ3) is 5.76. The number of amides is 2. The normalized spacial score (nSPS) is 12.9. The average Bonchev–Trinajstić information content (AvgIpc) is 2.52. The third-order valence-electron chi connectivity index (χ3n) is 3.03. The zero-order valence-corrected chi connectivity index (χ0v) is 15.6. The highest BCUT2D eigenvalue weighted by molar-refractivity contribution is 6.36. The van der Waals surface area contributed by atoms with Crippen molar-refractivity contribution in [2.45, 2.75) is 39.9 Å². The molecule has 0 saturated heterocycles. The maximum atomic E-state index is 11.8. The third-order valence-corrected chi connectivity index (χ3v) is 3.63. The number of ether oxygens (including phenoxy) is 2. The molecule has 0 aliphatic heterocycles. The Morgan fingerprint density at radius 2 is 1.29 bits per heavy atom. The fourth-order valence-corrected chi connectivity index (χ4v) is 2.29. The van der Waals surface area contributed by atoms with E-state index in [1.54, 1.807) is 13.8 Å². The Kier molecular flexibility index (Phi) is 8.15. The van der Waals surface area contributed by atoms with Crippen molar-refractivity contribution >= 4 is 35.0 Å². The molecule has 2 N–H and O–H groups in total. The van der Waals surface area contributed by atoms with Crippen LogP contribution in [-0.2, 0) is 9.59 Å². The van der Waals surface area contributed by atoms with Gasteiger partial charge >= 0.3 is 0 Å². The predicted octanol–water partition coefficient (Wildman–Crippen LogP) is 2.80. The van der Waals surface area contributed by atoms with Crippen molar-refractivity contribution in [1.82, 2.24) is 10.6 Å². The Labute approximate surface area is 151 Å². The van der Waals surface area contributed by atoms with E-state index in [1.165, 1.54) is 12.1 Å². The second-order valence-corrected chi connectivity index (χ2v) is 5.84. The summed E-state index contributed by atoms with van der Waals surface area (Å²) in [4.78, 5) is 23.5. The minimum Gasteiger partial charge on any atom is -0.479 e. The van der Waals surface area contributed by atoms with E-state index in [4.69, 9.17) is 32.7 Å². The summed E-state index contributed by atoms with van der Waals surface area (Å²) in [6.07, 6.45) is -1.48. The van der Waals surface area contributed by atoms with Gasteiger partial charge in [-0.3, -0.25) is 9.59 Å². The van der Waals surface area contributed by atoms with Crippen molar-refractivity contribution < 1.29 is 19.1 Å². The van der Waals surface area contributed by atoms with Crippen molar-refractivity contribution in [3.8, 4) is 11.5 Å². The maximum absolute atomic E-state index is 11.8. The Balaban J connectivity index is 2.92. The summed E-state index contributed by atoms with van der Waals surface area (Å²) in [6.45, 7) is 7.84. The summed E-state index contributed by atoms with van der Waals surface area (Å²) in [5, 5.41) is 5.80. The summed E-state index contributed by atoms with van der Waals surface area (Å²) in [6, 6.07) is 2.92. The standard InChI is InChI=1S/C16H22Cl2N2O4/c1-5-19-15(21)9(3)23-13-8-14(12(18)7-11(13)17)24-10(4)16(22)20-6-2/h7-10H,5-6H2,1-4H3,(H,19,21)(H,20,22)/t9-,10-/m0/s1. The largest absolute Gasteiger partial charge is 0.479 e. The highest BCUT2D eigenvalue weighted by Gasteiger charge is 2.20. The lowest BCUT2D eigenvalue weighted by atomic mass is 10.3. The van der Waals surface area contributed by atoms with Gasteiger partial charge < -0.3 is 20.1 Å². The van der Waals surface area contributed by atoms with Gasteiger partial charge in [-0.25, -0.2) is 0 Å². The van der Waals surface area contributed by atoms with Crippen LogP contribution in [0.5, 0.6) is 11.5 Å². The first-order valence-corrected chi connectivity index (χ1v) is 8.43. The number of benzene rings is 1. The molecule has 8 heteroatoms. The van der Waals surface area contributed by atoms with E-state index in [0.717, 1.165) is 0 Å². The molecule has 1 aromatic carbocycles. The van der Waals surface area contributed by atoms with Gasteiger partial charge in [-0.15, -0.1) is 0 Å². The molecule has 0 aliphatic rings. The highest BCUT2D eigenvalue weighted by atomic mass is 35.5. The van der Waals surface area contributed by atoms with Gasteiger partial charge in [0.05, 0.1) is 10.0 Å². The molecule has 0 heterocycles. The van der Waals surface area contributed by atoms with E-state index >= 15 is 0 Å². The van der Waals surface area contributed by atoms with Gasteiger partial charge in [0.15, 0.2) is 12.2 Å². The van der Waals surface area contributed by atoms with Crippen LogP contribution in [0.1, 0.15) is 27.7 Å². The summed E-state index contributed by atoms with van der Waals surface area (Å²) in [5.41, 5.74) is 0. The smallest absolute Gasteiger partial charge is 0.260 e. The lowest BCUT2D eigenvalue weighted by molar-refractivity contribution is -0.127. The van der Waals surface area contributed by atoms with Gasteiger partial charge in [0.25, 0.3) is 11.8 Å². The minimum atomic E-state index is -0.739. The SMILES string of the molecule is CCNC(=O)[C@H](C)Oc1cc(O[C@@H](C)C(=O)NCC)c(Cl)cc1Cl. The molecule has 0 fully saturated rings. The number of nitrogens with one attached hydrogen (secondary N) is 2. The number of carbonyl (C=O) groups excluding carboxylic acids is 2. The van der Waals surface area contributed by atoms with Gasteiger partial charge in [-0.2, -0.15) is 0 Å². The zero-order chi connectivity index (χ0) is 18.3. The first-order chi connectivity index (χ1) is 11.3. The molecule has 6 nitrogen and oxygen atoms in total. The number of likely N-dealkylation sites (N-methyl/N-ethyl adjacent to an activating group) is 2. The van der Waals surface area contributed by atoms with Crippen LogP contribution in [-0.4, -0.2) is 37.1 Å². The van der Waals surface area contributed by atoms with Crippen LogP contribution in [0.4, 0.5) is 0 Å². The fourth-order valence-electron chi connectivity index (χ4n) is 1.81. The first-order valence-electron chi connectivity index (χ1n) is 7.67. The number of rotatable bonds is 8. The van der Waals surface area contributed by atoms with Crippen LogP contribution in [0.15, 0.2) is 12.1 Å². The molecule has 1 aromatic rings. The van der Waals surface area contributed by atoms with E-state index in [-0.39, 0.29) is 33.4 Å². The second kappa shape index (κ2) is 9.59. The first kappa shape index (κ1) is 20.4. The van der Waals surface area contributed by atoms with Gasteiger partial charge in [0, 0.05) is 19.2 Å². The molecule has 24 heavy (non-hydrogen) atoms. The van der Waals surface area contributed by atoms with Crippen LogP contribution in [0.3, 0.4) is 0 Å². The molecule has 0 aromatic heterocycles. The summed E-state index contributed by atoms with van der Waals surface area (Å²) in [5.74, 6) is -0.0285. The van der Waals surface area contributed by atoms with Crippen LogP contribution in [0.2, 0.25) is 10.0 Å². The second-order valence-electron chi connectivity index (χ2n) is 5.02. The lowest BCUT2D eigenvalue weighted by Gasteiger charge is -2.19. The molecule has 2 atom stereocenters. The summed E-state index contributed by atoms with van der Waals surface area (Å²) < 4.78 is 11.1. The van der Waals surface area contributed by atoms with Crippen molar-refractivity contribution in [1.29, 1.82) is 0 Å². The molecular formula is C16H22Cl2N2O4. The quantitative estimate of drug-likeness (QED) is 0.731. The average molecular weight is 377 g/mol. The van der Waals surface area contributed by atoms with Crippen LogP contribution in [0.25, 0.3) is 0 Å². The molecule has 134 valence electrons. The molecular weight excluding hydrogens is 355 g/mol. The van der Waals surface area contributed by atoms with E-state index in [9.17, 15) is 9.59 Å². The molecule has 0 aliphatic carbocycles. The van der Waals surface area contributed by atoms with E-state index < -0.39 is 12.2 Å².